The molecule has 0 radical (unpaired) electrons. The quantitative estimate of drug-likeness (QED) is 0.577. The Bertz CT molecular complexity index is 1140. The minimum atomic E-state index is -0.265. The Hall–Kier alpha value is -3.04. The average molecular weight is 479 g/mol. The van der Waals surface area contributed by atoms with Crippen molar-refractivity contribution in [1.29, 1.82) is 0 Å². The molecule has 5 heterocycles. The van der Waals surface area contributed by atoms with Crippen LogP contribution in [0.4, 0.5) is 16.4 Å². The van der Waals surface area contributed by atoms with Gasteiger partial charge in [0.25, 0.3) is 0 Å². The molecule has 2 fully saturated rings. The number of rotatable bonds is 4. The maximum atomic E-state index is 12.8. The summed E-state index contributed by atoms with van der Waals surface area (Å²) >= 11 is 1.69. The van der Waals surface area contributed by atoms with E-state index < -0.39 is 0 Å². The van der Waals surface area contributed by atoms with Crippen LogP contribution in [0, 0.1) is 6.92 Å². The lowest BCUT2D eigenvalue weighted by atomic mass is 9.97. The van der Waals surface area contributed by atoms with E-state index in [1.807, 2.05) is 53.3 Å². The molecule has 0 unspecified atom stereocenters. The molecular formula is C25H30N6O2S. The molecule has 0 saturated carbocycles. The first-order valence-electron chi connectivity index (χ1n) is 11.9. The zero-order valence-electron chi connectivity index (χ0n) is 19.4. The number of carbonyl (C=O) groups is 1. The normalized spacial score (nSPS) is 17.7. The van der Waals surface area contributed by atoms with E-state index in [2.05, 4.69) is 10.3 Å². The number of anilines is 2. The van der Waals surface area contributed by atoms with Crippen LogP contribution in [0.3, 0.4) is 0 Å². The van der Waals surface area contributed by atoms with Gasteiger partial charge in [-0.3, -0.25) is 0 Å². The maximum Gasteiger partial charge on any atom is 0.320 e. The van der Waals surface area contributed by atoms with Gasteiger partial charge < -0.3 is 20.2 Å². The number of amides is 2. The van der Waals surface area contributed by atoms with Crippen molar-refractivity contribution in [2.45, 2.75) is 44.6 Å². The van der Waals surface area contributed by atoms with Crippen molar-refractivity contribution >= 4 is 29.0 Å². The third kappa shape index (κ3) is 5.20. The number of nitrogens with one attached hydrogen (secondary N) is 1. The monoisotopic (exact) mass is 478 g/mol. The smallest absolute Gasteiger partial charge is 0.320 e. The number of urea groups is 1. The summed E-state index contributed by atoms with van der Waals surface area (Å²) in [7, 11) is 0. The van der Waals surface area contributed by atoms with Crippen molar-refractivity contribution in [2.75, 3.05) is 31.5 Å². The first-order chi connectivity index (χ1) is 16.5. The van der Waals surface area contributed by atoms with Crippen LogP contribution < -0.4 is 5.32 Å². The third-order valence-electron chi connectivity index (χ3n) is 6.55. The summed E-state index contributed by atoms with van der Waals surface area (Å²) in [5.41, 5.74) is 2.03. The number of piperidine rings is 2. The second-order valence-corrected chi connectivity index (χ2v) is 10.1. The zero-order valence-corrected chi connectivity index (χ0v) is 20.2. The van der Waals surface area contributed by atoms with Gasteiger partial charge in [-0.25, -0.2) is 19.7 Å². The summed E-state index contributed by atoms with van der Waals surface area (Å²) in [6.07, 6.45) is 6.62. The number of aliphatic hydroxyl groups excluding tert-OH is 1. The molecule has 2 aliphatic rings. The molecule has 9 heteroatoms. The fourth-order valence-electron chi connectivity index (χ4n) is 4.55. The maximum absolute atomic E-state index is 12.8. The molecule has 0 bridgehead atoms. The lowest BCUT2D eigenvalue weighted by molar-refractivity contribution is 0.0778. The Morgan fingerprint density at radius 2 is 1.76 bits per heavy atom. The standard InChI is InChI=1S/C25H30N6O2S/c1-17-5-10-26-23(15-17)29-22-4-2-3-20(28-22)21-16-27-24(34-21)18-6-11-30(12-7-18)25(33)31-13-8-19(32)9-14-31/h2-5,10,15-16,18-19,32H,6-9,11-14H2,1H3,(H,26,28,29). The number of nitrogens with zero attached hydrogens (tertiary/aromatic N) is 5. The number of pyridine rings is 2. The minimum Gasteiger partial charge on any atom is -0.393 e. The van der Waals surface area contributed by atoms with Gasteiger partial charge in [0.1, 0.15) is 11.6 Å². The highest BCUT2D eigenvalue weighted by Gasteiger charge is 2.30. The van der Waals surface area contributed by atoms with Crippen molar-refractivity contribution in [2.24, 2.45) is 0 Å². The molecule has 178 valence electrons. The van der Waals surface area contributed by atoms with E-state index in [-0.39, 0.29) is 12.1 Å². The molecule has 3 aromatic rings. The molecule has 2 saturated heterocycles. The summed E-state index contributed by atoms with van der Waals surface area (Å²) < 4.78 is 0. The van der Waals surface area contributed by atoms with Gasteiger partial charge in [-0.05, 0) is 62.4 Å². The van der Waals surface area contributed by atoms with Crippen LogP contribution in [-0.2, 0) is 0 Å². The first-order valence-corrected chi connectivity index (χ1v) is 12.7. The molecule has 0 spiro atoms. The molecule has 8 nitrogen and oxygen atoms in total. The van der Waals surface area contributed by atoms with E-state index in [0.29, 0.717) is 31.8 Å². The minimum absolute atomic E-state index is 0.113. The Morgan fingerprint density at radius 3 is 2.50 bits per heavy atom. The Morgan fingerprint density at radius 1 is 1.03 bits per heavy atom. The van der Waals surface area contributed by atoms with Crippen LogP contribution in [-0.4, -0.2) is 68.2 Å². The predicted molar refractivity (Wildman–Crippen MR) is 133 cm³/mol. The molecule has 2 N–H and O–H groups in total. The topological polar surface area (TPSA) is 94.5 Å². The summed E-state index contributed by atoms with van der Waals surface area (Å²) in [4.78, 5) is 31.5. The van der Waals surface area contributed by atoms with Gasteiger partial charge in [0.05, 0.1) is 21.7 Å². The van der Waals surface area contributed by atoms with E-state index in [4.69, 9.17) is 9.97 Å². The van der Waals surface area contributed by atoms with Crippen LogP contribution in [0.25, 0.3) is 10.6 Å². The van der Waals surface area contributed by atoms with Gasteiger partial charge >= 0.3 is 6.03 Å². The van der Waals surface area contributed by atoms with Gasteiger partial charge in [-0.1, -0.05) is 6.07 Å². The Kier molecular flexibility index (Phi) is 6.73. The predicted octanol–water partition coefficient (Wildman–Crippen LogP) is 4.41. The molecule has 0 aliphatic carbocycles. The number of aryl methyl sites for hydroxylation is 1. The van der Waals surface area contributed by atoms with Gasteiger partial charge in [-0.15, -0.1) is 11.3 Å². The summed E-state index contributed by atoms with van der Waals surface area (Å²) in [5, 5.41) is 14.1. The van der Waals surface area contributed by atoms with Gasteiger partial charge in [0.2, 0.25) is 0 Å². The van der Waals surface area contributed by atoms with E-state index in [1.54, 1.807) is 17.5 Å². The van der Waals surface area contributed by atoms with Crippen molar-refractivity contribution in [3.63, 3.8) is 0 Å². The highest BCUT2D eigenvalue weighted by molar-refractivity contribution is 7.15. The Labute approximate surface area is 203 Å². The number of aliphatic hydroxyl groups is 1. The van der Waals surface area contributed by atoms with Crippen molar-refractivity contribution < 1.29 is 9.90 Å². The summed E-state index contributed by atoms with van der Waals surface area (Å²) in [6, 6.07) is 10.00. The number of carbonyl (C=O) groups excluding carboxylic acids is 1. The highest BCUT2D eigenvalue weighted by atomic mass is 32.1. The third-order valence-corrected chi connectivity index (χ3v) is 7.73. The SMILES string of the molecule is Cc1ccnc(Nc2cccc(-c3cnc(C4CCN(C(=O)N5CCC(O)CC5)CC4)s3)n2)c1. The molecular weight excluding hydrogens is 448 g/mol. The highest BCUT2D eigenvalue weighted by Crippen LogP contribution is 2.35. The lowest BCUT2D eigenvalue weighted by Gasteiger charge is -2.37. The fraction of sp³-hybridized carbons (Fsp3) is 0.440. The van der Waals surface area contributed by atoms with E-state index in [9.17, 15) is 9.90 Å². The molecule has 2 aliphatic heterocycles. The number of aromatic nitrogens is 3. The summed E-state index contributed by atoms with van der Waals surface area (Å²) in [5.74, 6) is 1.89. The molecule has 34 heavy (non-hydrogen) atoms. The van der Waals surface area contributed by atoms with Crippen LogP contribution >= 0.6 is 11.3 Å². The van der Waals surface area contributed by atoms with Crippen LogP contribution in [0.1, 0.15) is 42.2 Å². The Balaban J connectivity index is 1.20. The number of likely N-dealkylation sites (tertiary alicyclic amines) is 2. The van der Waals surface area contributed by atoms with Crippen molar-refractivity contribution in [1.82, 2.24) is 24.8 Å². The van der Waals surface area contributed by atoms with Gasteiger partial charge in [-0.2, -0.15) is 0 Å². The number of thiazole rings is 1. The molecule has 0 atom stereocenters. The van der Waals surface area contributed by atoms with Gasteiger partial charge in [0, 0.05) is 44.5 Å². The second-order valence-electron chi connectivity index (χ2n) is 9.08. The van der Waals surface area contributed by atoms with E-state index in [1.165, 1.54) is 0 Å². The first kappa shape index (κ1) is 22.7. The zero-order chi connectivity index (χ0) is 23.5. The van der Waals surface area contributed by atoms with Gasteiger partial charge in [0.15, 0.2) is 0 Å². The number of hydrogen-bond acceptors (Lipinski definition) is 7. The molecule has 5 rings (SSSR count). The summed E-state index contributed by atoms with van der Waals surface area (Å²) in [6.45, 7) is 4.83. The van der Waals surface area contributed by atoms with E-state index >= 15 is 0 Å². The molecule has 3 aromatic heterocycles. The second kappa shape index (κ2) is 10.1. The van der Waals surface area contributed by atoms with Crippen LogP contribution in [0.2, 0.25) is 0 Å². The van der Waals surface area contributed by atoms with E-state index in [0.717, 1.165) is 58.7 Å². The molecule has 0 aromatic carbocycles. The van der Waals surface area contributed by atoms with Crippen LogP contribution in [0.15, 0.2) is 42.7 Å². The average Bonchev–Trinajstić information content (AvgIpc) is 3.35. The largest absolute Gasteiger partial charge is 0.393 e. The van der Waals surface area contributed by atoms with Crippen LogP contribution in [0.5, 0.6) is 0 Å². The van der Waals surface area contributed by atoms with Crippen molar-refractivity contribution in [3.8, 4) is 10.6 Å². The van der Waals surface area contributed by atoms with Crippen molar-refractivity contribution in [3.05, 3.63) is 53.3 Å². The molecule has 2 amide bonds. The lowest BCUT2D eigenvalue weighted by Crippen LogP contribution is -2.49. The fourth-order valence-corrected chi connectivity index (χ4v) is 5.60. The number of hydrogen-bond donors (Lipinski definition) is 2.